The Morgan fingerprint density at radius 3 is 2.61 bits per heavy atom. The van der Waals surface area contributed by atoms with Crippen LogP contribution < -0.4 is 0 Å². The Balaban J connectivity index is 1.86. The monoisotopic (exact) mass is 245 g/mol. The molecular formula is C15H19NO2. The number of hydrogen-bond donors (Lipinski definition) is 0. The lowest BCUT2D eigenvalue weighted by Crippen LogP contribution is -2.38. The summed E-state index contributed by atoms with van der Waals surface area (Å²) in [6.07, 6.45) is 2.98. The van der Waals surface area contributed by atoms with E-state index in [0.717, 1.165) is 24.9 Å². The Hall–Kier alpha value is -1.64. The molecule has 1 aromatic rings. The molecule has 1 atom stereocenters. The normalized spacial score (nSPS) is 18.9. The highest BCUT2D eigenvalue weighted by atomic mass is 16.2. The van der Waals surface area contributed by atoms with Crippen LogP contribution in [0.1, 0.15) is 31.7 Å². The first-order valence-corrected chi connectivity index (χ1v) is 6.56. The van der Waals surface area contributed by atoms with Gasteiger partial charge in [-0.15, -0.1) is 0 Å². The van der Waals surface area contributed by atoms with E-state index in [-0.39, 0.29) is 17.7 Å². The van der Waals surface area contributed by atoms with Crippen molar-refractivity contribution in [3.8, 4) is 0 Å². The van der Waals surface area contributed by atoms with Crippen LogP contribution >= 0.6 is 0 Å². The molecule has 1 saturated heterocycles. The first-order chi connectivity index (χ1) is 8.68. The Morgan fingerprint density at radius 1 is 1.28 bits per heavy atom. The van der Waals surface area contributed by atoms with E-state index >= 15 is 0 Å². The lowest BCUT2D eigenvalue weighted by Gasteiger charge is -2.20. The van der Waals surface area contributed by atoms with E-state index in [4.69, 9.17) is 0 Å². The van der Waals surface area contributed by atoms with Crippen molar-refractivity contribution < 1.29 is 9.59 Å². The molecule has 18 heavy (non-hydrogen) atoms. The van der Waals surface area contributed by atoms with Crippen molar-refractivity contribution >= 4 is 11.7 Å². The summed E-state index contributed by atoms with van der Waals surface area (Å²) in [6, 6.07) is 10.0. The Bertz CT molecular complexity index is 427. The molecule has 0 radical (unpaired) electrons. The van der Waals surface area contributed by atoms with Crippen LogP contribution in [0.3, 0.4) is 0 Å². The summed E-state index contributed by atoms with van der Waals surface area (Å²) in [5.41, 5.74) is 1.10. The summed E-state index contributed by atoms with van der Waals surface area (Å²) in [5.74, 6) is -0.552. The van der Waals surface area contributed by atoms with Crippen LogP contribution in [-0.2, 0) is 16.0 Å². The van der Waals surface area contributed by atoms with Gasteiger partial charge in [-0.25, -0.2) is 0 Å². The van der Waals surface area contributed by atoms with E-state index in [9.17, 15) is 9.59 Å². The fraction of sp³-hybridized carbons (Fsp3) is 0.467. The fourth-order valence-electron chi connectivity index (χ4n) is 2.40. The van der Waals surface area contributed by atoms with Crippen molar-refractivity contribution in [2.45, 2.75) is 38.6 Å². The second-order valence-electron chi connectivity index (χ2n) is 4.90. The summed E-state index contributed by atoms with van der Waals surface area (Å²) in [7, 11) is 0. The molecular weight excluding hydrogens is 226 g/mol. The quantitative estimate of drug-likeness (QED) is 0.763. The number of carbonyl (C=O) groups excluding carboxylic acids is 2. The molecule has 0 N–H and O–H groups in total. The van der Waals surface area contributed by atoms with E-state index in [1.165, 1.54) is 0 Å². The standard InChI is InChI=1S/C15H19NO2/c1-12-6-5-11-16(12)15(18)14(17)10-9-13-7-3-2-4-8-13/h2-4,7-8,12H,5-6,9-11H2,1H3/t12-/m1/s1. The maximum Gasteiger partial charge on any atom is 0.290 e. The average molecular weight is 245 g/mol. The molecule has 0 saturated carbocycles. The number of benzene rings is 1. The highest BCUT2D eigenvalue weighted by Crippen LogP contribution is 2.17. The molecule has 96 valence electrons. The number of ketones is 1. The summed E-state index contributed by atoms with van der Waals surface area (Å²) in [5, 5.41) is 0. The topological polar surface area (TPSA) is 37.4 Å². The van der Waals surface area contributed by atoms with Crippen molar-refractivity contribution in [1.82, 2.24) is 4.90 Å². The van der Waals surface area contributed by atoms with E-state index in [1.54, 1.807) is 4.90 Å². The third kappa shape index (κ3) is 2.97. The van der Waals surface area contributed by atoms with Gasteiger partial charge in [0.15, 0.2) is 0 Å². The first kappa shape index (κ1) is 12.8. The van der Waals surface area contributed by atoms with Crippen LogP contribution in [0.4, 0.5) is 0 Å². The minimum Gasteiger partial charge on any atom is -0.333 e. The van der Waals surface area contributed by atoms with Gasteiger partial charge in [0.25, 0.3) is 5.91 Å². The predicted octanol–water partition coefficient (Wildman–Crippen LogP) is 2.20. The van der Waals surface area contributed by atoms with Gasteiger partial charge < -0.3 is 4.90 Å². The number of hydrogen-bond acceptors (Lipinski definition) is 2. The van der Waals surface area contributed by atoms with E-state index < -0.39 is 0 Å². The van der Waals surface area contributed by atoms with E-state index in [1.807, 2.05) is 37.3 Å². The average Bonchev–Trinajstić information content (AvgIpc) is 2.82. The molecule has 1 aliphatic rings. The number of aryl methyl sites for hydroxylation is 1. The van der Waals surface area contributed by atoms with Gasteiger partial charge in [-0.2, -0.15) is 0 Å². The second kappa shape index (κ2) is 5.80. The smallest absolute Gasteiger partial charge is 0.290 e. The molecule has 1 amide bonds. The van der Waals surface area contributed by atoms with Crippen molar-refractivity contribution in [3.63, 3.8) is 0 Å². The second-order valence-corrected chi connectivity index (χ2v) is 4.90. The summed E-state index contributed by atoms with van der Waals surface area (Å²) >= 11 is 0. The van der Waals surface area contributed by atoms with Crippen LogP contribution in [0.2, 0.25) is 0 Å². The van der Waals surface area contributed by atoms with Crippen LogP contribution in [-0.4, -0.2) is 29.2 Å². The zero-order valence-corrected chi connectivity index (χ0v) is 10.8. The Kier molecular flexibility index (Phi) is 4.13. The van der Waals surface area contributed by atoms with Crippen LogP contribution in [0, 0.1) is 0 Å². The van der Waals surface area contributed by atoms with Crippen LogP contribution in [0.15, 0.2) is 30.3 Å². The third-order valence-electron chi connectivity index (χ3n) is 3.54. The molecule has 3 nitrogen and oxygen atoms in total. The van der Waals surface area contributed by atoms with Gasteiger partial charge in [-0.3, -0.25) is 9.59 Å². The minimum atomic E-state index is -0.295. The number of amides is 1. The summed E-state index contributed by atoms with van der Waals surface area (Å²) < 4.78 is 0. The number of likely N-dealkylation sites (tertiary alicyclic amines) is 1. The van der Waals surface area contributed by atoms with Gasteiger partial charge in [0.1, 0.15) is 0 Å². The van der Waals surface area contributed by atoms with Gasteiger partial charge in [0.05, 0.1) is 0 Å². The van der Waals surface area contributed by atoms with Gasteiger partial charge >= 0.3 is 0 Å². The molecule has 0 bridgehead atoms. The molecule has 0 aliphatic carbocycles. The summed E-state index contributed by atoms with van der Waals surface area (Å²) in [4.78, 5) is 25.5. The molecule has 1 heterocycles. The predicted molar refractivity (Wildman–Crippen MR) is 70.2 cm³/mol. The van der Waals surface area contributed by atoms with Crippen molar-refractivity contribution in [2.75, 3.05) is 6.54 Å². The van der Waals surface area contributed by atoms with Crippen LogP contribution in [0.25, 0.3) is 0 Å². The SMILES string of the molecule is C[C@@H]1CCCN1C(=O)C(=O)CCc1ccccc1. The largest absolute Gasteiger partial charge is 0.333 e. The van der Waals surface area contributed by atoms with E-state index in [2.05, 4.69) is 0 Å². The Morgan fingerprint density at radius 2 is 2.00 bits per heavy atom. The zero-order chi connectivity index (χ0) is 13.0. The lowest BCUT2D eigenvalue weighted by molar-refractivity contribution is -0.145. The van der Waals surface area contributed by atoms with Gasteiger partial charge in [-0.05, 0) is 31.7 Å². The molecule has 1 fully saturated rings. The first-order valence-electron chi connectivity index (χ1n) is 6.56. The highest BCUT2D eigenvalue weighted by Gasteiger charge is 2.28. The molecule has 3 heteroatoms. The maximum atomic E-state index is 12.0. The molecule has 0 spiro atoms. The molecule has 1 aliphatic heterocycles. The van der Waals surface area contributed by atoms with Gasteiger partial charge in [0, 0.05) is 19.0 Å². The maximum absolute atomic E-state index is 12.0. The fourth-order valence-corrected chi connectivity index (χ4v) is 2.40. The van der Waals surface area contributed by atoms with Crippen molar-refractivity contribution in [3.05, 3.63) is 35.9 Å². The minimum absolute atomic E-state index is 0.221. The number of carbonyl (C=O) groups is 2. The third-order valence-corrected chi connectivity index (χ3v) is 3.54. The molecule has 1 aromatic carbocycles. The zero-order valence-electron chi connectivity index (χ0n) is 10.8. The molecule has 2 rings (SSSR count). The molecule has 0 aromatic heterocycles. The summed E-state index contributed by atoms with van der Waals surface area (Å²) in [6.45, 7) is 2.74. The molecule has 0 unspecified atom stereocenters. The highest BCUT2D eigenvalue weighted by molar-refractivity contribution is 6.36. The number of Topliss-reactive ketones (excluding diaryl/α,β-unsaturated/α-hetero) is 1. The lowest BCUT2D eigenvalue weighted by atomic mass is 10.1. The Labute approximate surface area is 108 Å². The van der Waals surface area contributed by atoms with Gasteiger partial charge in [-0.1, -0.05) is 30.3 Å². The van der Waals surface area contributed by atoms with Crippen molar-refractivity contribution in [1.29, 1.82) is 0 Å². The van der Waals surface area contributed by atoms with E-state index in [0.29, 0.717) is 12.8 Å². The number of rotatable bonds is 4. The van der Waals surface area contributed by atoms with Gasteiger partial charge in [0.2, 0.25) is 5.78 Å². The van der Waals surface area contributed by atoms with Crippen molar-refractivity contribution in [2.24, 2.45) is 0 Å². The van der Waals surface area contributed by atoms with Crippen LogP contribution in [0.5, 0.6) is 0 Å². The number of nitrogens with zero attached hydrogens (tertiary/aromatic N) is 1.